The van der Waals surface area contributed by atoms with E-state index in [0.717, 1.165) is 5.56 Å². The Balaban J connectivity index is 1.52. The molecule has 0 aliphatic carbocycles. The number of hydrogen-bond donors (Lipinski definition) is 1. The second-order valence-corrected chi connectivity index (χ2v) is 8.82. The van der Waals surface area contributed by atoms with Gasteiger partial charge in [-0.05, 0) is 49.7 Å². The average molecular weight is 469 g/mol. The number of nitrogens with one attached hydrogen (secondary N) is 1. The zero-order chi connectivity index (χ0) is 24.2. The zero-order valence-electron chi connectivity index (χ0n) is 19.4. The van der Waals surface area contributed by atoms with Crippen LogP contribution in [0.5, 0.6) is 0 Å². The summed E-state index contributed by atoms with van der Waals surface area (Å²) in [5.74, 6) is -0.762. The Hall–Kier alpha value is -3.46. The Morgan fingerprint density at radius 1 is 1.15 bits per heavy atom. The minimum atomic E-state index is -0.407. The first-order chi connectivity index (χ1) is 16.3. The number of hydrogen-bond acceptors (Lipinski definition) is 4. The van der Waals surface area contributed by atoms with Crippen molar-refractivity contribution in [2.24, 2.45) is 0 Å². The molecule has 9 heteroatoms. The van der Waals surface area contributed by atoms with Crippen LogP contribution in [0.25, 0.3) is 0 Å². The van der Waals surface area contributed by atoms with E-state index < -0.39 is 6.10 Å². The third-order valence-electron chi connectivity index (χ3n) is 6.04. The van der Waals surface area contributed by atoms with Crippen molar-refractivity contribution in [3.05, 3.63) is 65.5 Å². The predicted octanol–water partition coefficient (Wildman–Crippen LogP) is 2.63. The van der Waals surface area contributed by atoms with Crippen LogP contribution in [-0.4, -0.2) is 72.5 Å². The maximum absolute atomic E-state index is 13.4. The van der Waals surface area contributed by atoms with Crippen LogP contribution in [0.15, 0.2) is 48.5 Å². The molecule has 0 saturated carbocycles. The molecule has 2 heterocycles. The van der Waals surface area contributed by atoms with Crippen molar-refractivity contribution in [2.75, 3.05) is 37.6 Å². The van der Waals surface area contributed by atoms with Gasteiger partial charge in [0.1, 0.15) is 12.4 Å². The second kappa shape index (κ2) is 10.2. The molecule has 0 bridgehead atoms. The molecule has 0 aromatic heterocycles. The van der Waals surface area contributed by atoms with Crippen LogP contribution in [0, 0.1) is 5.82 Å². The molecule has 1 N–H and O–H groups in total. The summed E-state index contributed by atoms with van der Waals surface area (Å²) < 4.78 is 19.3. The van der Waals surface area contributed by atoms with Gasteiger partial charge >= 0.3 is 6.03 Å². The first kappa shape index (κ1) is 23.7. The number of ether oxygens (including phenoxy) is 1. The Morgan fingerprint density at radius 2 is 1.91 bits per heavy atom. The first-order valence-corrected chi connectivity index (χ1v) is 11.4. The zero-order valence-corrected chi connectivity index (χ0v) is 19.4. The number of urea groups is 1. The van der Waals surface area contributed by atoms with Gasteiger partial charge in [0.2, 0.25) is 5.91 Å². The Morgan fingerprint density at radius 3 is 2.59 bits per heavy atom. The number of halogens is 1. The summed E-state index contributed by atoms with van der Waals surface area (Å²) in [4.78, 5) is 43.2. The van der Waals surface area contributed by atoms with Gasteiger partial charge in [-0.25, -0.2) is 9.18 Å². The van der Waals surface area contributed by atoms with Gasteiger partial charge in [0.25, 0.3) is 5.91 Å². The number of amides is 4. The lowest BCUT2D eigenvalue weighted by Gasteiger charge is -2.27. The maximum Gasteiger partial charge on any atom is 0.321 e. The molecule has 1 atom stereocenters. The van der Waals surface area contributed by atoms with Gasteiger partial charge in [-0.1, -0.05) is 18.2 Å². The fourth-order valence-corrected chi connectivity index (χ4v) is 4.20. The molecule has 8 nitrogen and oxygen atoms in total. The summed E-state index contributed by atoms with van der Waals surface area (Å²) in [6.07, 6.45) is -0.407. The lowest BCUT2D eigenvalue weighted by atomic mass is 10.1. The average Bonchev–Trinajstić information content (AvgIpc) is 3.18. The second-order valence-electron chi connectivity index (χ2n) is 8.82. The summed E-state index contributed by atoms with van der Waals surface area (Å²) in [7, 11) is 0. The predicted molar refractivity (Wildman–Crippen MR) is 125 cm³/mol. The molecule has 180 valence electrons. The molecule has 2 fully saturated rings. The maximum atomic E-state index is 13.4. The normalized spacial score (nSPS) is 18.9. The van der Waals surface area contributed by atoms with E-state index in [4.69, 9.17) is 4.74 Å². The summed E-state index contributed by atoms with van der Waals surface area (Å²) >= 11 is 0. The van der Waals surface area contributed by atoms with E-state index >= 15 is 0 Å². The monoisotopic (exact) mass is 468 g/mol. The molecule has 0 radical (unpaired) electrons. The number of carbonyl (C=O) groups is 3. The van der Waals surface area contributed by atoms with E-state index in [0.29, 0.717) is 30.9 Å². The van der Waals surface area contributed by atoms with E-state index in [1.807, 2.05) is 13.8 Å². The van der Waals surface area contributed by atoms with E-state index in [1.54, 1.807) is 46.2 Å². The summed E-state index contributed by atoms with van der Waals surface area (Å²) in [6, 6.07) is 12.7. The summed E-state index contributed by atoms with van der Waals surface area (Å²) in [6.45, 7) is 5.72. The van der Waals surface area contributed by atoms with E-state index in [-0.39, 0.29) is 49.4 Å². The van der Waals surface area contributed by atoms with Gasteiger partial charge in [0, 0.05) is 43.5 Å². The molecule has 34 heavy (non-hydrogen) atoms. The van der Waals surface area contributed by atoms with Crippen molar-refractivity contribution in [2.45, 2.75) is 32.6 Å². The number of benzene rings is 2. The van der Waals surface area contributed by atoms with Gasteiger partial charge in [0.05, 0.1) is 12.7 Å². The number of nitrogens with zero attached hydrogens (tertiary/aromatic N) is 3. The standard InChI is InChI=1S/C25H29FN4O4/c1-17(2)30-14-22(34-16-18-6-8-20(26)9-7-18)13-28(15-23(30)31)24(32)19-4-3-5-21(12-19)29-11-10-27-25(29)33/h3-9,12,17,22H,10-11,13-16H2,1-2H3,(H,27,33). The minimum absolute atomic E-state index is 0.0449. The van der Waals surface area contributed by atoms with Crippen molar-refractivity contribution in [3.63, 3.8) is 0 Å². The van der Waals surface area contributed by atoms with Gasteiger partial charge in [-0.15, -0.1) is 0 Å². The minimum Gasteiger partial charge on any atom is -0.370 e. The van der Waals surface area contributed by atoms with Crippen LogP contribution in [0.1, 0.15) is 29.8 Å². The lowest BCUT2D eigenvalue weighted by molar-refractivity contribution is -0.133. The molecule has 0 spiro atoms. The fourth-order valence-electron chi connectivity index (χ4n) is 4.20. The highest BCUT2D eigenvalue weighted by Gasteiger charge is 2.33. The first-order valence-electron chi connectivity index (χ1n) is 11.4. The molecule has 1 unspecified atom stereocenters. The van der Waals surface area contributed by atoms with Gasteiger partial charge in [-0.2, -0.15) is 0 Å². The van der Waals surface area contributed by atoms with Gasteiger partial charge < -0.3 is 19.9 Å². The van der Waals surface area contributed by atoms with Crippen LogP contribution in [0.2, 0.25) is 0 Å². The van der Waals surface area contributed by atoms with Crippen LogP contribution in [0.3, 0.4) is 0 Å². The van der Waals surface area contributed by atoms with E-state index in [1.165, 1.54) is 17.0 Å². The van der Waals surface area contributed by atoms with Crippen LogP contribution in [-0.2, 0) is 16.1 Å². The van der Waals surface area contributed by atoms with Crippen molar-refractivity contribution < 1.29 is 23.5 Å². The molecule has 2 aliphatic rings. The van der Waals surface area contributed by atoms with Gasteiger partial charge in [-0.3, -0.25) is 14.5 Å². The Bertz CT molecular complexity index is 1060. The van der Waals surface area contributed by atoms with E-state index in [2.05, 4.69) is 5.32 Å². The molecule has 2 aromatic carbocycles. The van der Waals surface area contributed by atoms with Gasteiger partial charge in [0.15, 0.2) is 0 Å². The third kappa shape index (κ3) is 5.36. The highest BCUT2D eigenvalue weighted by Crippen LogP contribution is 2.21. The van der Waals surface area contributed by atoms with Crippen molar-refractivity contribution in [1.29, 1.82) is 0 Å². The van der Waals surface area contributed by atoms with Crippen molar-refractivity contribution in [3.8, 4) is 0 Å². The topological polar surface area (TPSA) is 82.2 Å². The largest absolute Gasteiger partial charge is 0.370 e. The van der Waals surface area contributed by atoms with Crippen LogP contribution >= 0.6 is 0 Å². The summed E-state index contributed by atoms with van der Waals surface area (Å²) in [5, 5.41) is 2.75. The van der Waals surface area contributed by atoms with E-state index in [9.17, 15) is 18.8 Å². The third-order valence-corrected chi connectivity index (χ3v) is 6.04. The molecular formula is C25H29FN4O4. The molecule has 2 saturated heterocycles. The highest BCUT2D eigenvalue weighted by molar-refractivity contribution is 5.99. The van der Waals surface area contributed by atoms with Crippen LogP contribution in [0.4, 0.5) is 14.9 Å². The smallest absolute Gasteiger partial charge is 0.321 e. The molecule has 2 aliphatic heterocycles. The number of anilines is 1. The fraction of sp³-hybridized carbons (Fsp3) is 0.400. The lowest BCUT2D eigenvalue weighted by Crippen LogP contribution is -2.42. The number of carbonyl (C=O) groups excluding carboxylic acids is 3. The molecular weight excluding hydrogens is 439 g/mol. The quantitative estimate of drug-likeness (QED) is 0.707. The van der Waals surface area contributed by atoms with Crippen LogP contribution < -0.4 is 10.2 Å². The van der Waals surface area contributed by atoms with Crippen molar-refractivity contribution >= 4 is 23.5 Å². The molecule has 4 amide bonds. The van der Waals surface area contributed by atoms with Crippen molar-refractivity contribution in [1.82, 2.24) is 15.1 Å². The SMILES string of the molecule is CC(C)N1CC(OCc2ccc(F)cc2)CN(C(=O)c2cccc(N3CCNC3=O)c2)CC1=O. The summed E-state index contributed by atoms with van der Waals surface area (Å²) in [5.41, 5.74) is 1.85. The highest BCUT2D eigenvalue weighted by atomic mass is 19.1. The molecule has 4 rings (SSSR count). The molecule has 2 aromatic rings. The Kier molecular flexibility index (Phi) is 7.12. The number of rotatable bonds is 6. The Labute approximate surface area is 198 Å².